The van der Waals surface area contributed by atoms with E-state index < -0.39 is 10.0 Å². The van der Waals surface area contributed by atoms with Gasteiger partial charge in [0, 0.05) is 25.2 Å². The molecule has 1 unspecified atom stereocenters. The third kappa shape index (κ3) is 5.52. The van der Waals surface area contributed by atoms with Crippen LogP contribution in [0.25, 0.3) is 0 Å². The lowest BCUT2D eigenvalue weighted by Crippen LogP contribution is -2.44. The second-order valence-electron chi connectivity index (χ2n) is 6.50. The average molecular weight is 391 g/mol. The minimum absolute atomic E-state index is 0.0321. The monoisotopic (exact) mass is 390 g/mol. The van der Waals surface area contributed by atoms with Gasteiger partial charge >= 0.3 is 0 Å². The van der Waals surface area contributed by atoms with Crippen LogP contribution in [-0.4, -0.2) is 53.3 Å². The zero-order chi connectivity index (χ0) is 19.1. The van der Waals surface area contributed by atoms with Crippen LogP contribution in [0.4, 0.5) is 0 Å². The fourth-order valence-corrected chi connectivity index (χ4v) is 4.46. The standard InChI is InChI=1S/C20H26N2O4S/c1-25-20-10-6-5-9-18(20)19(22-11-13-26-14-12-22)15-21-27(23,24)16-17-7-3-2-4-8-17/h2-10,19,21H,11-16H2,1H3. The summed E-state index contributed by atoms with van der Waals surface area (Å²) in [7, 11) is -1.81. The molecule has 1 heterocycles. The third-order valence-electron chi connectivity index (χ3n) is 4.68. The largest absolute Gasteiger partial charge is 0.496 e. The number of nitrogens with zero attached hydrogens (tertiary/aromatic N) is 1. The van der Waals surface area contributed by atoms with Crippen LogP contribution in [0.15, 0.2) is 54.6 Å². The number of ether oxygens (including phenoxy) is 2. The number of benzene rings is 2. The van der Waals surface area contributed by atoms with E-state index in [1.54, 1.807) is 7.11 Å². The van der Waals surface area contributed by atoms with Crippen LogP contribution in [0.1, 0.15) is 17.2 Å². The van der Waals surface area contributed by atoms with Crippen LogP contribution in [-0.2, 0) is 20.5 Å². The zero-order valence-electron chi connectivity index (χ0n) is 15.5. The summed E-state index contributed by atoms with van der Waals surface area (Å²) in [6.07, 6.45) is 0. The molecule has 0 amide bonds. The number of methoxy groups -OCH3 is 1. The quantitative estimate of drug-likeness (QED) is 0.748. The highest BCUT2D eigenvalue weighted by molar-refractivity contribution is 7.88. The predicted octanol–water partition coefficient (Wildman–Crippen LogP) is 2.19. The number of nitrogens with one attached hydrogen (secondary N) is 1. The molecule has 2 aromatic rings. The maximum absolute atomic E-state index is 12.6. The van der Waals surface area contributed by atoms with Crippen LogP contribution in [0.5, 0.6) is 5.75 Å². The highest BCUT2D eigenvalue weighted by Crippen LogP contribution is 2.29. The Morgan fingerprint density at radius 3 is 2.44 bits per heavy atom. The fourth-order valence-electron chi connectivity index (χ4n) is 3.32. The van der Waals surface area contributed by atoms with Gasteiger partial charge in [0.05, 0.1) is 32.1 Å². The normalized spacial score (nSPS) is 16.8. The van der Waals surface area contributed by atoms with Crippen LogP contribution >= 0.6 is 0 Å². The molecule has 0 aliphatic carbocycles. The highest BCUT2D eigenvalue weighted by Gasteiger charge is 2.26. The van der Waals surface area contributed by atoms with Gasteiger partial charge < -0.3 is 9.47 Å². The van der Waals surface area contributed by atoms with Gasteiger partial charge in [0.2, 0.25) is 10.0 Å². The Balaban J connectivity index is 1.77. The molecule has 0 spiro atoms. The summed E-state index contributed by atoms with van der Waals surface area (Å²) in [6, 6.07) is 16.8. The number of hydrogen-bond donors (Lipinski definition) is 1. The molecule has 0 saturated carbocycles. The summed E-state index contributed by atoms with van der Waals surface area (Å²) < 4.78 is 38.9. The summed E-state index contributed by atoms with van der Waals surface area (Å²) in [6.45, 7) is 3.08. The lowest BCUT2D eigenvalue weighted by Gasteiger charge is -2.35. The Labute approximate surface area is 161 Å². The first kappa shape index (κ1) is 19.8. The SMILES string of the molecule is COc1ccccc1C(CNS(=O)(=O)Cc1ccccc1)N1CCOCC1. The lowest BCUT2D eigenvalue weighted by molar-refractivity contribution is 0.0167. The molecule has 7 heteroatoms. The van der Waals surface area contributed by atoms with Crippen LogP contribution < -0.4 is 9.46 Å². The van der Waals surface area contributed by atoms with Crippen LogP contribution in [0.2, 0.25) is 0 Å². The third-order valence-corrected chi connectivity index (χ3v) is 6.00. The van der Waals surface area contributed by atoms with Crippen molar-refractivity contribution in [2.45, 2.75) is 11.8 Å². The van der Waals surface area contributed by atoms with Gasteiger partial charge in [0.15, 0.2) is 0 Å². The second kappa shape index (κ2) is 9.32. The molecule has 1 aliphatic rings. The van der Waals surface area contributed by atoms with E-state index >= 15 is 0 Å². The Bertz CT molecular complexity index is 821. The first-order chi connectivity index (χ1) is 13.1. The van der Waals surface area contributed by atoms with E-state index in [1.165, 1.54) is 0 Å². The van der Waals surface area contributed by atoms with E-state index in [0.29, 0.717) is 13.2 Å². The van der Waals surface area contributed by atoms with Gasteiger partial charge in [0.25, 0.3) is 0 Å². The van der Waals surface area contributed by atoms with E-state index in [0.717, 1.165) is 30.0 Å². The van der Waals surface area contributed by atoms with Gasteiger partial charge in [-0.3, -0.25) is 4.90 Å². The molecular formula is C20H26N2O4S. The minimum atomic E-state index is -3.44. The van der Waals surface area contributed by atoms with Crippen molar-refractivity contribution in [1.82, 2.24) is 9.62 Å². The topological polar surface area (TPSA) is 67.9 Å². The Morgan fingerprint density at radius 2 is 1.74 bits per heavy atom. The van der Waals surface area contributed by atoms with Crippen molar-refractivity contribution >= 4 is 10.0 Å². The van der Waals surface area contributed by atoms with E-state index in [-0.39, 0.29) is 18.3 Å². The molecule has 146 valence electrons. The fraction of sp³-hybridized carbons (Fsp3) is 0.400. The number of morpholine rings is 1. The molecule has 0 aromatic heterocycles. The van der Waals surface area contributed by atoms with Crippen molar-refractivity contribution in [2.24, 2.45) is 0 Å². The van der Waals surface area contributed by atoms with E-state index in [4.69, 9.17) is 9.47 Å². The van der Waals surface area contributed by atoms with Gasteiger partial charge in [-0.15, -0.1) is 0 Å². The molecule has 27 heavy (non-hydrogen) atoms. The first-order valence-electron chi connectivity index (χ1n) is 9.05. The van der Waals surface area contributed by atoms with Crippen molar-refractivity contribution in [3.8, 4) is 5.75 Å². The Morgan fingerprint density at radius 1 is 1.07 bits per heavy atom. The molecule has 6 nitrogen and oxygen atoms in total. The molecule has 1 atom stereocenters. The van der Waals surface area contributed by atoms with Crippen molar-refractivity contribution in [3.05, 3.63) is 65.7 Å². The molecule has 1 N–H and O–H groups in total. The molecule has 1 aliphatic heterocycles. The second-order valence-corrected chi connectivity index (χ2v) is 8.31. The number of para-hydroxylation sites is 1. The van der Waals surface area contributed by atoms with Crippen molar-refractivity contribution in [3.63, 3.8) is 0 Å². The number of hydrogen-bond acceptors (Lipinski definition) is 5. The smallest absolute Gasteiger partial charge is 0.215 e. The zero-order valence-corrected chi connectivity index (χ0v) is 16.3. The van der Waals surface area contributed by atoms with Gasteiger partial charge in [-0.25, -0.2) is 13.1 Å². The summed E-state index contributed by atoms with van der Waals surface area (Å²) in [5, 5.41) is 0. The first-order valence-corrected chi connectivity index (χ1v) is 10.7. The molecule has 1 fully saturated rings. The van der Waals surface area contributed by atoms with Gasteiger partial charge in [-0.2, -0.15) is 0 Å². The predicted molar refractivity (Wildman–Crippen MR) is 105 cm³/mol. The number of sulfonamides is 1. The molecule has 2 aromatic carbocycles. The van der Waals surface area contributed by atoms with Crippen molar-refractivity contribution in [1.29, 1.82) is 0 Å². The van der Waals surface area contributed by atoms with E-state index in [9.17, 15) is 8.42 Å². The van der Waals surface area contributed by atoms with Gasteiger partial charge in [-0.1, -0.05) is 48.5 Å². The van der Waals surface area contributed by atoms with E-state index in [2.05, 4.69) is 9.62 Å². The van der Waals surface area contributed by atoms with Gasteiger partial charge in [0.1, 0.15) is 5.75 Å². The van der Waals surface area contributed by atoms with Crippen LogP contribution in [0.3, 0.4) is 0 Å². The van der Waals surface area contributed by atoms with Gasteiger partial charge in [-0.05, 0) is 11.6 Å². The Hall–Kier alpha value is -1.93. The summed E-state index contributed by atoms with van der Waals surface area (Å²) >= 11 is 0. The van der Waals surface area contributed by atoms with Crippen molar-refractivity contribution in [2.75, 3.05) is 40.0 Å². The van der Waals surface area contributed by atoms with Crippen LogP contribution in [0, 0.1) is 0 Å². The molecule has 1 saturated heterocycles. The van der Waals surface area contributed by atoms with E-state index in [1.807, 2.05) is 54.6 Å². The highest BCUT2D eigenvalue weighted by atomic mass is 32.2. The molecule has 0 radical (unpaired) electrons. The minimum Gasteiger partial charge on any atom is -0.496 e. The maximum atomic E-state index is 12.6. The molecule has 3 rings (SSSR count). The molecular weight excluding hydrogens is 364 g/mol. The maximum Gasteiger partial charge on any atom is 0.215 e. The number of rotatable bonds is 8. The summed E-state index contributed by atoms with van der Waals surface area (Å²) in [4.78, 5) is 2.24. The summed E-state index contributed by atoms with van der Waals surface area (Å²) in [5.74, 6) is 0.728. The molecule has 0 bridgehead atoms. The van der Waals surface area contributed by atoms with Crippen molar-refractivity contribution < 1.29 is 17.9 Å². The lowest BCUT2D eigenvalue weighted by atomic mass is 10.0. The Kier molecular flexibility index (Phi) is 6.84. The summed E-state index contributed by atoms with van der Waals surface area (Å²) in [5.41, 5.74) is 1.74. The average Bonchev–Trinajstić information content (AvgIpc) is 2.69.